The molecule has 0 saturated carbocycles. The Hall–Kier alpha value is -2.21. The lowest BCUT2D eigenvalue weighted by atomic mass is 10.3. The lowest BCUT2D eigenvalue weighted by molar-refractivity contribution is 1.20. The monoisotopic (exact) mass is 244 g/mol. The molecule has 2 N–H and O–H groups in total. The second kappa shape index (κ2) is 3.99. The van der Waals surface area contributed by atoms with Gasteiger partial charge in [0.15, 0.2) is 10.9 Å². The molecule has 0 aliphatic heterocycles. The normalized spacial score (nSPS) is 10.6. The highest BCUT2D eigenvalue weighted by atomic mass is 32.1. The molecule has 0 radical (unpaired) electrons. The van der Waals surface area contributed by atoms with Gasteiger partial charge in [0.2, 0.25) is 0 Å². The number of fused-ring (bicyclic) bond motifs is 1. The summed E-state index contributed by atoms with van der Waals surface area (Å²) in [6.07, 6.45) is 1.67. The average Bonchev–Trinajstić information content (AvgIpc) is 2.83. The Kier molecular flexibility index (Phi) is 2.34. The molecule has 6 heteroatoms. The lowest BCUT2D eigenvalue weighted by Gasteiger charge is -2.02. The van der Waals surface area contributed by atoms with E-state index in [1.807, 2.05) is 29.6 Å². The summed E-state index contributed by atoms with van der Waals surface area (Å²) in [5.74, 6) is 0.263. The molecule has 0 aliphatic rings. The molecular weight excluding hydrogens is 236 g/mol. The van der Waals surface area contributed by atoms with Gasteiger partial charge in [-0.25, -0.2) is 9.97 Å². The number of H-pyrrole nitrogens is 1. The van der Waals surface area contributed by atoms with Crippen molar-refractivity contribution in [2.75, 3.05) is 5.32 Å². The average molecular weight is 244 g/mol. The van der Waals surface area contributed by atoms with E-state index in [1.165, 1.54) is 11.3 Å². The number of aromatic nitrogens is 3. The van der Waals surface area contributed by atoms with Crippen molar-refractivity contribution in [3.8, 4) is 0 Å². The Labute approximate surface area is 100 Å². The molecule has 0 fully saturated rings. The summed E-state index contributed by atoms with van der Waals surface area (Å²) in [7, 11) is 0. The first-order valence-electron chi connectivity index (χ1n) is 4.98. The SMILES string of the molecule is O=c1[nH]c2ccccc2nc1Nc1nccs1. The van der Waals surface area contributed by atoms with Gasteiger partial charge in [-0.15, -0.1) is 11.3 Å². The molecule has 5 nitrogen and oxygen atoms in total. The standard InChI is InChI=1S/C11H8N4OS/c16-10-9(15-11-12-5-6-17-11)13-7-3-1-2-4-8(7)14-10/h1-6H,(H,14,16)(H,12,13,15). The van der Waals surface area contributed by atoms with Gasteiger partial charge in [-0.05, 0) is 12.1 Å². The molecule has 3 rings (SSSR count). The number of para-hydroxylation sites is 2. The second-order valence-electron chi connectivity index (χ2n) is 3.39. The number of nitrogens with one attached hydrogen (secondary N) is 2. The van der Waals surface area contributed by atoms with Gasteiger partial charge in [-0.3, -0.25) is 4.79 Å². The first-order chi connectivity index (χ1) is 8.33. The van der Waals surface area contributed by atoms with Crippen molar-refractivity contribution in [2.45, 2.75) is 0 Å². The molecule has 2 aromatic heterocycles. The zero-order valence-electron chi connectivity index (χ0n) is 8.68. The maximum atomic E-state index is 11.8. The molecule has 0 spiro atoms. The molecule has 1 aromatic carbocycles. The number of rotatable bonds is 2. The van der Waals surface area contributed by atoms with Gasteiger partial charge < -0.3 is 10.3 Å². The van der Waals surface area contributed by atoms with Crippen molar-refractivity contribution in [1.82, 2.24) is 15.0 Å². The molecule has 0 atom stereocenters. The van der Waals surface area contributed by atoms with Crippen LogP contribution in [-0.4, -0.2) is 15.0 Å². The molecule has 0 aliphatic carbocycles. The third-order valence-corrected chi connectivity index (χ3v) is 2.95. The topological polar surface area (TPSA) is 70.7 Å². The van der Waals surface area contributed by atoms with Crippen LogP contribution in [0, 0.1) is 0 Å². The number of thiazole rings is 1. The number of aromatic amines is 1. The minimum atomic E-state index is -0.251. The lowest BCUT2D eigenvalue weighted by Crippen LogP contribution is -2.13. The second-order valence-corrected chi connectivity index (χ2v) is 4.29. The minimum Gasteiger partial charge on any atom is -0.317 e. The van der Waals surface area contributed by atoms with Gasteiger partial charge in [0.05, 0.1) is 11.0 Å². The fourth-order valence-corrected chi connectivity index (χ4v) is 2.03. The van der Waals surface area contributed by atoms with Crippen molar-refractivity contribution >= 4 is 33.3 Å². The van der Waals surface area contributed by atoms with Gasteiger partial charge in [0.25, 0.3) is 5.56 Å². The van der Waals surface area contributed by atoms with Crippen LogP contribution in [0.1, 0.15) is 0 Å². The predicted molar refractivity (Wildman–Crippen MR) is 67.8 cm³/mol. The summed E-state index contributed by atoms with van der Waals surface area (Å²) in [5, 5.41) is 5.38. The minimum absolute atomic E-state index is 0.251. The van der Waals surface area contributed by atoms with E-state index in [1.54, 1.807) is 6.20 Å². The molecule has 0 amide bonds. The molecule has 17 heavy (non-hydrogen) atoms. The highest BCUT2D eigenvalue weighted by Gasteiger charge is 2.05. The summed E-state index contributed by atoms with van der Waals surface area (Å²) < 4.78 is 0. The summed E-state index contributed by atoms with van der Waals surface area (Å²) in [6.45, 7) is 0. The van der Waals surface area contributed by atoms with E-state index >= 15 is 0 Å². The predicted octanol–water partition coefficient (Wildman–Crippen LogP) is 2.12. The van der Waals surface area contributed by atoms with Crippen molar-refractivity contribution in [3.63, 3.8) is 0 Å². The van der Waals surface area contributed by atoms with E-state index < -0.39 is 0 Å². The molecule has 2 heterocycles. The highest BCUT2D eigenvalue weighted by Crippen LogP contribution is 2.15. The van der Waals surface area contributed by atoms with E-state index in [2.05, 4.69) is 20.3 Å². The number of nitrogens with zero attached hydrogens (tertiary/aromatic N) is 2. The Morgan fingerprint density at radius 1 is 1.29 bits per heavy atom. The van der Waals surface area contributed by atoms with E-state index in [-0.39, 0.29) is 11.4 Å². The van der Waals surface area contributed by atoms with E-state index in [4.69, 9.17) is 0 Å². The van der Waals surface area contributed by atoms with Gasteiger partial charge >= 0.3 is 0 Å². The number of benzene rings is 1. The van der Waals surface area contributed by atoms with Gasteiger partial charge in [0.1, 0.15) is 0 Å². The van der Waals surface area contributed by atoms with E-state index in [0.717, 1.165) is 11.0 Å². The summed E-state index contributed by atoms with van der Waals surface area (Å²) in [6, 6.07) is 7.39. The van der Waals surface area contributed by atoms with Gasteiger partial charge in [0, 0.05) is 11.6 Å². The van der Waals surface area contributed by atoms with Gasteiger partial charge in [-0.2, -0.15) is 0 Å². The fraction of sp³-hybridized carbons (Fsp3) is 0. The molecule has 0 saturated heterocycles. The van der Waals surface area contributed by atoms with Crippen LogP contribution in [-0.2, 0) is 0 Å². The third-order valence-electron chi connectivity index (χ3n) is 2.26. The highest BCUT2D eigenvalue weighted by molar-refractivity contribution is 7.13. The van der Waals surface area contributed by atoms with Crippen LogP contribution in [0.25, 0.3) is 11.0 Å². The van der Waals surface area contributed by atoms with Crippen LogP contribution in [0.5, 0.6) is 0 Å². The van der Waals surface area contributed by atoms with Crippen LogP contribution in [0.4, 0.5) is 10.9 Å². The van der Waals surface area contributed by atoms with Crippen molar-refractivity contribution in [3.05, 3.63) is 46.2 Å². The Morgan fingerprint density at radius 3 is 3.00 bits per heavy atom. The maximum Gasteiger partial charge on any atom is 0.291 e. The van der Waals surface area contributed by atoms with Crippen LogP contribution in [0.15, 0.2) is 40.6 Å². The molecule has 0 unspecified atom stereocenters. The summed E-state index contributed by atoms with van der Waals surface area (Å²) in [5.41, 5.74) is 1.22. The third kappa shape index (κ3) is 1.90. The van der Waals surface area contributed by atoms with Crippen molar-refractivity contribution in [2.24, 2.45) is 0 Å². The number of anilines is 2. The quantitative estimate of drug-likeness (QED) is 0.724. The fourth-order valence-electron chi connectivity index (χ4n) is 1.50. The smallest absolute Gasteiger partial charge is 0.291 e. The number of hydrogen-bond donors (Lipinski definition) is 2. The number of hydrogen-bond acceptors (Lipinski definition) is 5. The van der Waals surface area contributed by atoms with Gasteiger partial charge in [-0.1, -0.05) is 12.1 Å². The van der Waals surface area contributed by atoms with Crippen LogP contribution in [0.2, 0.25) is 0 Å². The Morgan fingerprint density at radius 2 is 2.18 bits per heavy atom. The zero-order valence-corrected chi connectivity index (χ0v) is 9.49. The van der Waals surface area contributed by atoms with E-state index in [9.17, 15) is 4.79 Å². The Bertz CT molecular complexity index is 705. The van der Waals surface area contributed by atoms with Crippen LogP contribution < -0.4 is 10.9 Å². The maximum absolute atomic E-state index is 11.8. The Balaban J connectivity index is 2.10. The first kappa shape index (κ1) is 9.98. The van der Waals surface area contributed by atoms with Crippen LogP contribution in [0.3, 0.4) is 0 Å². The van der Waals surface area contributed by atoms with Crippen LogP contribution >= 0.6 is 11.3 Å². The molecule has 0 bridgehead atoms. The first-order valence-corrected chi connectivity index (χ1v) is 5.86. The zero-order chi connectivity index (χ0) is 11.7. The summed E-state index contributed by atoms with van der Waals surface area (Å²) >= 11 is 1.42. The summed E-state index contributed by atoms with van der Waals surface area (Å²) in [4.78, 5) is 22.8. The molecule has 3 aromatic rings. The van der Waals surface area contributed by atoms with Crippen molar-refractivity contribution in [1.29, 1.82) is 0 Å². The molecular formula is C11H8N4OS. The molecule has 84 valence electrons. The van der Waals surface area contributed by atoms with Crippen molar-refractivity contribution < 1.29 is 0 Å². The van der Waals surface area contributed by atoms with E-state index in [0.29, 0.717) is 5.13 Å². The largest absolute Gasteiger partial charge is 0.317 e.